The van der Waals surface area contributed by atoms with E-state index in [0.717, 1.165) is 5.56 Å². The van der Waals surface area contributed by atoms with Crippen molar-refractivity contribution < 1.29 is 33.0 Å². The van der Waals surface area contributed by atoms with Crippen molar-refractivity contribution in [3.05, 3.63) is 29.8 Å². The van der Waals surface area contributed by atoms with Crippen LogP contribution in [0.2, 0.25) is 0 Å². The third-order valence-corrected chi connectivity index (χ3v) is 6.18. The summed E-state index contributed by atoms with van der Waals surface area (Å²) in [5.74, 6) is -1.98. The van der Waals surface area contributed by atoms with Gasteiger partial charge in [-0.1, -0.05) is 18.2 Å². The number of hydrogen-bond acceptors (Lipinski definition) is 6. The van der Waals surface area contributed by atoms with Gasteiger partial charge in [-0.2, -0.15) is 0 Å². The Bertz CT molecular complexity index is 1040. The SMILES string of the molecule is CC(C)(C)OC(=O)CN1C(=O)[C@@H](NC(=O)C2(F)CCN(C(=O)OC(C)(C)C)CC2)CCc2ccccc21. The summed E-state index contributed by atoms with van der Waals surface area (Å²) >= 11 is 0. The van der Waals surface area contributed by atoms with Gasteiger partial charge in [-0.05, 0) is 66.0 Å². The van der Waals surface area contributed by atoms with Crippen LogP contribution >= 0.6 is 0 Å². The van der Waals surface area contributed by atoms with Crippen LogP contribution in [0.3, 0.4) is 0 Å². The average Bonchev–Trinajstić information content (AvgIpc) is 2.89. The van der Waals surface area contributed by atoms with E-state index in [1.807, 2.05) is 12.1 Å². The summed E-state index contributed by atoms with van der Waals surface area (Å²) in [4.78, 5) is 54.2. The Labute approximate surface area is 217 Å². The van der Waals surface area contributed by atoms with Gasteiger partial charge in [-0.3, -0.25) is 19.3 Å². The number of esters is 1. The Balaban J connectivity index is 1.71. The zero-order chi connectivity index (χ0) is 27.6. The fourth-order valence-electron chi connectivity index (χ4n) is 4.40. The molecule has 0 aliphatic carbocycles. The van der Waals surface area contributed by atoms with Crippen molar-refractivity contribution in [1.82, 2.24) is 10.2 Å². The number of nitrogens with zero attached hydrogens (tertiary/aromatic N) is 2. The van der Waals surface area contributed by atoms with Crippen LogP contribution < -0.4 is 10.2 Å². The second-order valence-electron chi connectivity index (χ2n) is 11.6. The number of piperidine rings is 1. The molecule has 0 spiro atoms. The number of hydrogen-bond donors (Lipinski definition) is 1. The van der Waals surface area contributed by atoms with Crippen molar-refractivity contribution in [3.8, 4) is 0 Å². The highest BCUT2D eigenvalue weighted by Crippen LogP contribution is 2.30. The van der Waals surface area contributed by atoms with Crippen LogP contribution in [0.5, 0.6) is 0 Å². The quantitative estimate of drug-likeness (QED) is 0.611. The van der Waals surface area contributed by atoms with Gasteiger partial charge in [-0.25, -0.2) is 9.18 Å². The Hall–Kier alpha value is -3.17. The molecule has 3 amide bonds. The number of carbonyl (C=O) groups excluding carboxylic acids is 4. The molecule has 37 heavy (non-hydrogen) atoms. The van der Waals surface area contributed by atoms with Crippen molar-refractivity contribution in [3.63, 3.8) is 0 Å². The fourth-order valence-corrected chi connectivity index (χ4v) is 4.40. The van der Waals surface area contributed by atoms with Crippen molar-refractivity contribution in [2.45, 2.75) is 90.1 Å². The summed E-state index contributed by atoms with van der Waals surface area (Å²) in [6.45, 7) is 10.2. The van der Waals surface area contributed by atoms with Gasteiger partial charge in [0, 0.05) is 31.6 Å². The van der Waals surface area contributed by atoms with E-state index in [0.29, 0.717) is 12.1 Å². The summed E-state index contributed by atoms with van der Waals surface area (Å²) in [6.07, 6.45) is -0.248. The minimum atomic E-state index is -2.23. The molecule has 0 saturated carbocycles. The zero-order valence-corrected chi connectivity index (χ0v) is 22.6. The molecule has 2 heterocycles. The maximum Gasteiger partial charge on any atom is 0.410 e. The van der Waals surface area contributed by atoms with Crippen molar-refractivity contribution >= 4 is 29.6 Å². The topological polar surface area (TPSA) is 105 Å². The Morgan fingerprint density at radius 1 is 1.03 bits per heavy atom. The first kappa shape index (κ1) is 28.4. The van der Waals surface area contributed by atoms with E-state index < -0.39 is 46.8 Å². The van der Waals surface area contributed by atoms with E-state index >= 15 is 4.39 Å². The Kier molecular flexibility index (Phi) is 8.19. The van der Waals surface area contributed by atoms with E-state index in [-0.39, 0.29) is 38.9 Å². The van der Waals surface area contributed by atoms with E-state index in [1.54, 1.807) is 53.7 Å². The summed E-state index contributed by atoms with van der Waals surface area (Å²) in [5, 5.41) is 2.60. The normalized spacial score (nSPS) is 20.0. The number of carbonyl (C=O) groups is 4. The largest absolute Gasteiger partial charge is 0.459 e. The second-order valence-corrected chi connectivity index (χ2v) is 11.6. The van der Waals surface area contributed by atoms with Gasteiger partial charge in [0.1, 0.15) is 23.8 Å². The maximum atomic E-state index is 15.7. The summed E-state index contributed by atoms with van der Waals surface area (Å²) in [7, 11) is 0. The fraction of sp³-hybridized carbons (Fsp3) is 0.630. The highest BCUT2D eigenvalue weighted by molar-refractivity contribution is 6.04. The number of anilines is 1. The number of likely N-dealkylation sites (tertiary alicyclic amines) is 1. The average molecular weight is 520 g/mol. The van der Waals surface area contributed by atoms with Gasteiger partial charge in [-0.15, -0.1) is 0 Å². The third kappa shape index (κ3) is 7.42. The number of halogens is 1. The van der Waals surface area contributed by atoms with Gasteiger partial charge in [0.15, 0.2) is 5.67 Å². The molecule has 1 saturated heterocycles. The van der Waals surface area contributed by atoms with Crippen molar-refractivity contribution in [2.24, 2.45) is 0 Å². The smallest absolute Gasteiger partial charge is 0.410 e. The highest BCUT2D eigenvalue weighted by Gasteiger charge is 2.45. The maximum absolute atomic E-state index is 15.7. The number of aryl methyl sites for hydroxylation is 1. The molecule has 0 radical (unpaired) electrons. The lowest BCUT2D eigenvalue weighted by molar-refractivity contribution is -0.153. The summed E-state index contributed by atoms with van der Waals surface area (Å²) < 4.78 is 26.4. The number of para-hydroxylation sites is 1. The number of rotatable bonds is 4. The number of fused-ring (bicyclic) bond motifs is 1. The lowest BCUT2D eigenvalue weighted by Gasteiger charge is -2.36. The van der Waals surface area contributed by atoms with Crippen molar-refractivity contribution in [1.29, 1.82) is 0 Å². The van der Waals surface area contributed by atoms with E-state index in [4.69, 9.17) is 9.47 Å². The molecule has 0 unspecified atom stereocenters. The van der Waals surface area contributed by atoms with E-state index in [2.05, 4.69) is 5.32 Å². The number of amides is 3. The van der Waals surface area contributed by atoms with E-state index in [9.17, 15) is 19.2 Å². The molecule has 1 aromatic carbocycles. The molecule has 0 aromatic heterocycles. The van der Waals surface area contributed by atoms with Gasteiger partial charge >= 0.3 is 12.1 Å². The predicted molar refractivity (Wildman–Crippen MR) is 136 cm³/mol. The summed E-state index contributed by atoms with van der Waals surface area (Å²) in [5.41, 5.74) is -2.23. The Morgan fingerprint density at radius 3 is 2.22 bits per heavy atom. The predicted octanol–water partition coefficient (Wildman–Crippen LogP) is 3.53. The summed E-state index contributed by atoms with van der Waals surface area (Å²) in [6, 6.07) is 6.19. The molecule has 2 aliphatic heterocycles. The van der Waals surface area contributed by atoms with Crippen LogP contribution in [-0.2, 0) is 30.3 Å². The first-order valence-electron chi connectivity index (χ1n) is 12.7. The molecule has 0 bridgehead atoms. The highest BCUT2D eigenvalue weighted by atomic mass is 19.1. The van der Waals surface area contributed by atoms with Crippen LogP contribution in [-0.4, -0.2) is 71.3 Å². The molecule has 1 fully saturated rings. The van der Waals surface area contributed by atoms with Gasteiger partial charge in [0.05, 0.1) is 0 Å². The zero-order valence-electron chi connectivity index (χ0n) is 22.6. The van der Waals surface area contributed by atoms with Crippen LogP contribution in [0.25, 0.3) is 0 Å². The van der Waals surface area contributed by atoms with Crippen LogP contribution in [0, 0.1) is 0 Å². The van der Waals surface area contributed by atoms with Gasteiger partial charge in [0.2, 0.25) is 5.91 Å². The van der Waals surface area contributed by atoms with Gasteiger partial charge in [0.25, 0.3) is 5.91 Å². The number of benzene rings is 1. The molecular formula is C27H38FN3O6. The second kappa shape index (κ2) is 10.7. The molecule has 3 rings (SSSR count). The Morgan fingerprint density at radius 2 is 1.62 bits per heavy atom. The van der Waals surface area contributed by atoms with Gasteiger partial charge < -0.3 is 19.7 Å². The molecule has 10 heteroatoms. The van der Waals surface area contributed by atoms with Crippen LogP contribution in [0.15, 0.2) is 24.3 Å². The lowest BCUT2D eigenvalue weighted by atomic mass is 9.92. The molecule has 1 aromatic rings. The van der Waals surface area contributed by atoms with E-state index in [1.165, 1.54) is 9.80 Å². The minimum Gasteiger partial charge on any atom is -0.459 e. The molecule has 1 N–H and O–H groups in total. The van der Waals surface area contributed by atoms with Crippen LogP contribution in [0.1, 0.15) is 66.4 Å². The molecule has 9 nitrogen and oxygen atoms in total. The standard InChI is InChI=1S/C27H38FN3O6/c1-25(2,3)36-21(32)17-31-20-10-8-7-9-18(20)11-12-19(22(31)33)29-23(34)27(28)13-15-30(16-14-27)24(35)37-26(4,5)6/h7-10,19H,11-17H2,1-6H3,(H,29,34)/t19-/m0/s1. The first-order valence-corrected chi connectivity index (χ1v) is 12.7. The van der Waals surface area contributed by atoms with Crippen molar-refractivity contribution in [2.75, 3.05) is 24.5 Å². The molecular weight excluding hydrogens is 481 g/mol. The van der Waals surface area contributed by atoms with Crippen LogP contribution in [0.4, 0.5) is 14.9 Å². The monoisotopic (exact) mass is 519 g/mol. The number of ether oxygens (including phenoxy) is 2. The third-order valence-electron chi connectivity index (χ3n) is 6.18. The number of alkyl halides is 1. The number of nitrogens with one attached hydrogen (secondary N) is 1. The lowest BCUT2D eigenvalue weighted by Crippen LogP contribution is -2.57. The molecule has 204 valence electrons. The first-order chi connectivity index (χ1) is 17.1. The molecule has 2 aliphatic rings. The molecule has 1 atom stereocenters. The minimum absolute atomic E-state index is 0.0215.